The van der Waals surface area contributed by atoms with Gasteiger partial charge in [-0.3, -0.25) is 33.3 Å². The molecule has 0 bridgehead atoms. The van der Waals surface area contributed by atoms with Crippen molar-refractivity contribution in [3.63, 3.8) is 0 Å². The Hall–Kier alpha value is -3.15. The molecule has 2 heterocycles. The standard InChI is InChI=1S/C98H185N2O20P/c1-8-14-20-26-32-38-40-46-52-58-64-70-90(107)116-83(68-62-56-50-44-36-30-24-18-12-5)72-82(104)73-85-94(100-89(106)76-84(69-63-57-51-45-37-31-25-19-13-6)117-91(108)71-65-59-53-47-41-39-33-27-21-15-9-2)98(118-86(77-101)96(85)120-121(111,112)113)114-78-87-95(110)97(119-92(109)75-81(103)67-61-55-49-43-35-29-23-17-11-4)93(79(7)115-87)99-88(105)74-80(102)66-60-54-48-42-34-28-22-16-10-3/h79-81,83-87,93-98,101-103,110H,8-78H2,1-7H3,(H,99,105)(H,100,106)(H2,111,112,113)/t79-,80-,81-,83-,84-,85-,86?,87?,93?,94?,95-,96+,97-,98-/m1/s1. The molecular formula is C98H185N2O20P. The second kappa shape index (κ2) is 76.9. The maximum atomic E-state index is 15.2. The van der Waals surface area contributed by atoms with Crippen LogP contribution in [0.5, 0.6) is 0 Å². The zero-order valence-corrected chi connectivity index (χ0v) is 79.0. The van der Waals surface area contributed by atoms with E-state index in [1.165, 1.54) is 154 Å². The van der Waals surface area contributed by atoms with Crippen molar-refractivity contribution >= 4 is 43.3 Å². The number of phosphoric ester groups is 1. The maximum absolute atomic E-state index is 15.2. The summed E-state index contributed by atoms with van der Waals surface area (Å²) in [4.78, 5) is 108. The van der Waals surface area contributed by atoms with Crippen molar-refractivity contribution in [2.24, 2.45) is 5.92 Å². The number of hydrogen-bond acceptors (Lipinski definition) is 18. The quantitative estimate of drug-likeness (QED) is 0.0121. The van der Waals surface area contributed by atoms with E-state index in [1.54, 1.807) is 6.92 Å². The van der Waals surface area contributed by atoms with E-state index in [9.17, 15) is 54.0 Å². The molecule has 0 aromatic carbocycles. The Kier molecular flexibility index (Phi) is 72.4. The minimum absolute atomic E-state index is 0.160. The summed E-state index contributed by atoms with van der Waals surface area (Å²) in [7, 11) is -5.51. The molecule has 121 heavy (non-hydrogen) atoms. The van der Waals surface area contributed by atoms with Crippen molar-refractivity contribution in [2.75, 3.05) is 13.2 Å². The highest BCUT2D eigenvalue weighted by Crippen LogP contribution is 2.45. The van der Waals surface area contributed by atoms with Gasteiger partial charge in [0.15, 0.2) is 12.4 Å². The summed E-state index contributed by atoms with van der Waals surface area (Å²) in [5.74, 6) is -4.92. The molecule has 4 unspecified atom stereocenters. The molecule has 2 saturated heterocycles. The molecule has 2 rings (SSSR count). The van der Waals surface area contributed by atoms with E-state index in [4.69, 9.17) is 32.9 Å². The fourth-order valence-corrected chi connectivity index (χ4v) is 18.1. The van der Waals surface area contributed by atoms with E-state index in [0.29, 0.717) is 57.8 Å². The Balaban J connectivity index is 2.73. The van der Waals surface area contributed by atoms with Crippen LogP contribution < -0.4 is 10.6 Å². The smallest absolute Gasteiger partial charge is 0.462 e. The van der Waals surface area contributed by atoms with Gasteiger partial charge >= 0.3 is 25.7 Å². The first-order valence-corrected chi connectivity index (χ1v) is 52.2. The molecule has 0 spiro atoms. The molecule has 0 saturated carbocycles. The minimum atomic E-state index is -5.51. The predicted molar refractivity (Wildman–Crippen MR) is 486 cm³/mol. The number of aliphatic hydroxyl groups is 4. The van der Waals surface area contributed by atoms with Crippen molar-refractivity contribution in [2.45, 2.75) is 571 Å². The van der Waals surface area contributed by atoms with E-state index < -0.39 is 155 Å². The number of phosphoric acid groups is 1. The lowest BCUT2D eigenvalue weighted by molar-refractivity contribution is -0.276. The van der Waals surface area contributed by atoms with Gasteiger partial charge < -0.3 is 69.3 Å². The van der Waals surface area contributed by atoms with Crippen LogP contribution in [0.15, 0.2) is 0 Å². The van der Waals surface area contributed by atoms with Crippen LogP contribution in [0.4, 0.5) is 0 Å². The number of carbonyl (C=O) groups excluding carboxylic acids is 6. The summed E-state index contributed by atoms with van der Waals surface area (Å²) in [6, 6.07) is -2.72. The Morgan fingerprint density at radius 3 is 1.07 bits per heavy atom. The number of esters is 3. The van der Waals surface area contributed by atoms with Crippen LogP contribution >= 0.6 is 7.82 Å². The average molecular weight is 1740 g/mol. The van der Waals surface area contributed by atoms with Crippen LogP contribution in [0.1, 0.15) is 492 Å². The molecular weight excluding hydrogens is 1560 g/mol. The topological polar surface area (TPSA) is 330 Å². The molecule has 0 aromatic heterocycles. The highest BCUT2D eigenvalue weighted by Gasteiger charge is 2.52. The third kappa shape index (κ3) is 61.1. The fourth-order valence-electron chi connectivity index (χ4n) is 17.4. The van der Waals surface area contributed by atoms with Crippen LogP contribution in [0.2, 0.25) is 0 Å². The van der Waals surface area contributed by atoms with E-state index in [0.717, 1.165) is 186 Å². The van der Waals surface area contributed by atoms with Gasteiger partial charge in [-0.15, -0.1) is 0 Å². The number of carbonyl (C=O) groups is 6. The van der Waals surface area contributed by atoms with E-state index in [1.807, 2.05) is 0 Å². The fraction of sp³-hybridized carbons (Fsp3) is 0.939. The highest BCUT2D eigenvalue weighted by molar-refractivity contribution is 7.46. The zero-order valence-electron chi connectivity index (χ0n) is 78.1. The molecule has 2 aliphatic rings. The van der Waals surface area contributed by atoms with Gasteiger partial charge in [0, 0.05) is 31.6 Å². The van der Waals surface area contributed by atoms with Gasteiger partial charge in [-0.2, -0.15) is 0 Å². The average Bonchev–Trinajstić information content (AvgIpc) is 0.799. The number of amides is 2. The number of aliphatic hydroxyl groups excluding tert-OH is 4. The molecule has 8 N–H and O–H groups in total. The van der Waals surface area contributed by atoms with Crippen LogP contribution in [-0.4, -0.2) is 158 Å². The van der Waals surface area contributed by atoms with Crippen LogP contribution in [0, 0.1) is 5.92 Å². The van der Waals surface area contributed by atoms with Crippen molar-refractivity contribution < 1.29 is 96.5 Å². The molecule has 0 aromatic rings. The number of hydrogen-bond donors (Lipinski definition) is 8. The van der Waals surface area contributed by atoms with Gasteiger partial charge in [-0.05, 0) is 58.3 Å². The SMILES string of the molecule is CCCCCCCCCCCCCC(=O)O[C@H](CCCCCCCCCCC)CC(=O)C[C@@H]1C(NC(=O)C[C@@H](CCCCCCCCCCC)OC(=O)CCCCCCCCCCCCC)[C@H](OCC2O[C@H](C)C(NC(=O)C[C@H](O)CCCCCCCCCCC)[C@@H](OC(=O)C[C@H](O)CCCCCCCCCCC)[C@@H]2O)OC(CO)[C@H]1OP(=O)(O)O. The zero-order chi connectivity index (χ0) is 88.6. The normalized spacial score (nSPS) is 20.4. The molecule has 0 aliphatic carbocycles. The summed E-state index contributed by atoms with van der Waals surface area (Å²) < 4.78 is 57.0. The first-order valence-electron chi connectivity index (χ1n) is 50.6. The van der Waals surface area contributed by atoms with Crippen molar-refractivity contribution in [3.05, 3.63) is 0 Å². The molecule has 2 fully saturated rings. The second-order valence-corrected chi connectivity index (χ2v) is 37.6. The third-order valence-corrected chi connectivity index (χ3v) is 25.4. The first kappa shape index (κ1) is 114. The Bertz CT molecular complexity index is 2550. The number of Topliss-reactive ketones (excluding diaryl/α,β-unsaturated/α-hetero) is 1. The molecule has 2 aliphatic heterocycles. The summed E-state index contributed by atoms with van der Waals surface area (Å²) in [5.41, 5.74) is 0. The van der Waals surface area contributed by atoms with Gasteiger partial charge in [0.05, 0.1) is 62.9 Å². The summed E-state index contributed by atoms with van der Waals surface area (Å²) in [6.07, 6.45) is 47.5. The number of ketones is 1. The molecule has 712 valence electrons. The predicted octanol–water partition coefficient (Wildman–Crippen LogP) is 23.0. The van der Waals surface area contributed by atoms with Gasteiger partial charge in [-0.1, -0.05) is 388 Å². The van der Waals surface area contributed by atoms with Crippen LogP contribution in [-0.2, 0) is 66.3 Å². The molecule has 0 radical (unpaired) electrons. The number of unbranched alkanes of at least 4 members (excludes halogenated alkanes) is 52. The summed E-state index contributed by atoms with van der Waals surface area (Å²) >= 11 is 0. The van der Waals surface area contributed by atoms with Gasteiger partial charge in [0.25, 0.3) is 0 Å². The van der Waals surface area contributed by atoms with Gasteiger partial charge in [-0.25, -0.2) is 4.57 Å². The highest BCUT2D eigenvalue weighted by atomic mass is 31.2. The summed E-state index contributed by atoms with van der Waals surface area (Å²) in [5, 5.41) is 52.1. The lowest BCUT2D eigenvalue weighted by Crippen LogP contribution is -2.66. The first-order chi connectivity index (χ1) is 58.6. The maximum Gasteiger partial charge on any atom is 0.469 e. The minimum Gasteiger partial charge on any atom is -0.462 e. The van der Waals surface area contributed by atoms with Crippen LogP contribution in [0.3, 0.4) is 0 Å². The number of nitrogens with one attached hydrogen (secondary N) is 2. The lowest BCUT2D eigenvalue weighted by Gasteiger charge is -2.47. The van der Waals surface area contributed by atoms with Gasteiger partial charge in [0.1, 0.15) is 42.4 Å². The van der Waals surface area contributed by atoms with Gasteiger partial charge in [0.2, 0.25) is 11.8 Å². The Morgan fingerprint density at radius 2 is 0.702 bits per heavy atom. The Morgan fingerprint density at radius 1 is 0.380 bits per heavy atom. The Labute approximate surface area is 736 Å². The molecule has 23 heteroatoms. The number of rotatable bonds is 85. The molecule has 14 atom stereocenters. The summed E-state index contributed by atoms with van der Waals surface area (Å²) in [6.45, 7) is 13.3. The van der Waals surface area contributed by atoms with Crippen molar-refractivity contribution in [1.82, 2.24) is 10.6 Å². The monoisotopic (exact) mass is 1740 g/mol. The van der Waals surface area contributed by atoms with E-state index >= 15 is 9.59 Å². The largest absolute Gasteiger partial charge is 0.469 e. The van der Waals surface area contributed by atoms with E-state index in [2.05, 4.69) is 52.2 Å². The van der Waals surface area contributed by atoms with Crippen molar-refractivity contribution in [3.8, 4) is 0 Å². The van der Waals surface area contributed by atoms with Crippen LogP contribution in [0.25, 0.3) is 0 Å². The third-order valence-electron chi connectivity index (χ3n) is 24.9. The second-order valence-electron chi connectivity index (χ2n) is 36.4. The molecule has 22 nitrogen and oxygen atoms in total. The lowest BCUT2D eigenvalue weighted by atomic mass is 9.82. The molecule has 2 amide bonds. The van der Waals surface area contributed by atoms with Crippen molar-refractivity contribution in [1.29, 1.82) is 0 Å². The number of ether oxygens (including phenoxy) is 6. The van der Waals surface area contributed by atoms with E-state index in [-0.39, 0.29) is 32.1 Å².